The van der Waals surface area contributed by atoms with Gasteiger partial charge < -0.3 is 9.26 Å². The molecule has 1 atom stereocenters. The zero-order chi connectivity index (χ0) is 18.4. The Morgan fingerprint density at radius 2 is 2.15 bits per heavy atom. The van der Waals surface area contributed by atoms with Crippen molar-refractivity contribution in [2.45, 2.75) is 45.3 Å². The standard InChI is InChI=1S/C17H24N4O4S/c1-2-3-11-26(22,23)21-10-4-5-15(12-21)24-13-16-19-17(20-25-16)14-6-8-18-9-7-14/h6-9,15H,2-5,10-13H2,1H3. The highest BCUT2D eigenvalue weighted by molar-refractivity contribution is 7.89. The molecule has 0 bridgehead atoms. The number of aromatic nitrogens is 3. The van der Waals surface area contributed by atoms with Crippen LogP contribution in [-0.4, -0.2) is 52.8 Å². The van der Waals surface area contributed by atoms with E-state index in [1.54, 1.807) is 28.8 Å². The number of pyridine rings is 1. The Hall–Kier alpha value is -1.84. The maximum atomic E-state index is 12.3. The molecule has 0 spiro atoms. The fourth-order valence-electron chi connectivity index (χ4n) is 2.87. The predicted octanol–water partition coefficient (Wildman–Crippen LogP) is 2.24. The quantitative estimate of drug-likeness (QED) is 0.692. The van der Waals surface area contributed by atoms with E-state index in [1.165, 1.54) is 0 Å². The Morgan fingerprint density at radius 3 is 2.92 bits per heavy atom. The summed E-state index contributed by atoms with van der Waals surface area (Å²) in [5.74, 6) is 1.07. The average molecular weight is 380 g/mol. The number of unbranched alkanes of at least 4 members (excludes halogenated alkanes) is 1. The summed E-state index contributed by atoms with van der Waals surface area (Å²) in [5.41, 5.74) is 0.820. The van der Waals surface area contributed by atoms with Gasteiger partial charge in [-0.2, -0.15) is 9.29 Å². The third-order valence-electron chi connectivity index (χ3n) is 4.34. The maximum Gasteiger partial charge on any atom is 0.252 e. The van der Waals surface area contributed by atoms with Crippen LogP contribution in [0.1, 0.15) is 38.5 Å². The second kappa shape index (κ2) is 8.70. The molecule has 1 unspecified atom stereocenters. The lowest BCUT2D eigenvalue weighted by Gasteiger charge is -2.31. The van der Waals surface area contributed by atoms with Gasteiger partial charge in [-0.1, -0.05) is 18.5 Å². The van der Waals surface area contributed by atoms with Crippen LogP contribution in [0.3, 0.4) is 0 Å². The van der Waals surface area contributed by atoms with Crippen LogP contribution in [-0.2, 0) is 21.4 Å². The van der Waals surface area contributed by atoms with Crippen LogP contribution >= 0.6 is 0 Å². The van der Waals surface area contributed by atoms with E-state index in [-0.39, 0.29) is 18.5 Å². The molecule has 2 aromatic heterocycles. The molecule has 1 aliphatic rings. The van der Waals surface area contributed by atoms with Gasteiger partial charge in [0.15, 0.2) is 0 Å². The monoisotopic (exact) mass is 380 g/mol. The van der Waals surface area contributed by atoms with Gasteiger partial charge in [0.25, 0.3) is 5.89 Å². The van der Waals surface area contributed by atoms with Gasteiger partial charge in [-0.25, -0.2) is 8.42 Å². The van der Waals surface area contributed by atoms with Crippen molar-refractivity contribution in [1.82, 2.24) is 19.4 Å². The van der Waals surface area contributed by atoms with Crippen LogP contribution in [0.2, 0.25) is 0 Å². The minimum absolute atomic E-state index is 0.156. The Labute approximate surface area is 153 Å². The summed E-state index contributed by atoms with van der Waals surface area (Å²) in [6.45, 7) is 3.11. The zero-order valence-corrected chi connectivity index (χ0v) is 15.7. The number of hydrogen-bond acceptors (Lipinski definition) is 7. The molecule has 26 heavy (non-hydrogen) atoms. The first kappa shape index (κ1) is 18.9. The summed E-state index contributed by atoms with van der Waals surface area (Å²) in [6.07, 6.45) is 6.34. The first-order valence-corrected chi connectivity index (χ1v) is 10.5. The normalized spacial score (nSPS) is 18.9. The van der Waals surface area contributed by atoms with Crippen LogP contribution in [0.25, 0.3) is 11.4 Å². The Morgan fingerprint density at radius 1 is 1.35 bits per heavy atom. The van der Waals surface area contributed by atoms with E-state index in [1.807, 2.05) is 6.92 Å². The molecule has 0 radical (unpaired) electrons. The molecule has 1 aliphatic heterocycles. The number of piperidine rings is 1. The largest absolute Gasteiger partial charge is 0.367 e. The van der Waals surface area contributed by atoms with Crippen LogP contribution in [0, 0.1) is 0 Å². The van der Waals surface area contributed by atoms with Crippen LogP contribution in [0.4, 0.5) is 0 Å². The minimum Gasteiger partial charge on any atom is -0.367 e. The molecule has 0 aliphatic carbocycles. The highest BCUT2D eigenvalue weighted by atomic mass is 32.2. The molecule has 0 amide bonds. The molecule has 1 saturated heterocycles. The van der Waals surface area contributed by atoms with E-state index in [2.05, 4.69) is 15.1 Å². The molecule has 9 heteroatoms. The topological polar surface area (TPSA) is 98.4 Å². The first-order valence-electron chi connectivity index (χ1n) is 8.91. The molecule has 0 N–H and O–H groups in total. The fourth-order valence-corrected chi connectivity index (χ4v) is 4.58. The summed E-state index contributed by atoms with van der Waals surface area (Å²) in [5, 5.41) is 3.94. The summed E-state index contributed by atoms with van der Waals surface area (Å²) in [7, 11) is -3.20. The molecule has 0 aromatic carbocycles. The molecule has 3 heterocycles. The van der Waals surface area contributed by atoms with Gasteiger partial charge in [-0.15, -0.1) is 0 Å². The van der Waals surface area contributed by atoms with Crippen molar-refractivity contribution in [2.24, 2.45) is 0 Å². The fraction of sp³-hybridized carbons (Fsp3) is 0.588. The molecule has 8 nitrogen and oxygen atoms in total. The average Bonchev–Trinajstić information content (AvgIpc) is 3.15. The van der Waals surface area contributed by atoms with Crippen molar-refractivity contribution in [3.63, 3.8) is 0 Å². The van der Waals surface area contributed by atoms with Crippen molar-refractivity contribution in [3.8, 4) is 11.4 Å². The summed E-state index contributed by atoms with van der Waals surface area (Å²) >= 11 is 0. The van der Waals surface area contributed by atoms with Gasteiger partial charge in [-0.05, 0) is 31.4 Å². The van der Waals surface area contributed by atoms with Gasteiger partial charge in [-0.3, -0.25) is 4.98 Å². The summed E-state index contributed by atoms with van der Waals surface area (Å²) in [4.78, 5) is 8.27. The second-order valence-corrected chi connectivity index (χ2v) is 8.44. The number of hydrogen-bond donors (Lipinski definition) is 0. The molecule has 3 rings (SSSR count). The van der Waals surface area contributed by atoms with Crippen molar-refractivity contribution in [2.75, 3.05) is 18.8 Å². The van der Waals surface area contributed by atoms with Crippen molar-refractivity contribution < 1.29 is 17.7 Å². The highest BCUT2D eigenvalue weighted by Gasteiger charge is 2.29. The smallest absolute Gasteiger partial charge is 0.252 e. The number of nitrogens with zero attached hydrogens (tertiary/aromatic N) is 4. The molecule has 0 saturated carbocycles. The number of rotatable bonds is 8. The SMILES string of the molecule is CCCCS(=O)(=O)N1CCCC(OCc2nc(-c3ccncc3)no2)C1. The van der Waals surface area contributed by atoms with Crippen LogP contribution < -0.4 is 0 Å². The first-order chi connectivity index (χ1) is 12.6. The lowest BCUT2D eigenvalue weighted by atomic mass is 10.1. The maximum absolute atomic E-state index is 12.3. The number of sulfonamides is 1. The van der Waals surface area contributed by atoms with Gasteiger partial charge in [0.2, 0.25) is 15.8 Å². The predicted molar refractivity (Wildman–Crippen MR) is 95.6 cm³/mol. The lowest BCUT2D eigenvalue weighted by Crippen LogP contribution is -2.44. The second-order valence-electron chi connectivity index (χ2n) is 6.35. The van der Waals surface area contributed by atoms with Crippen molar-refractivity contribution >= 4 is 10.0 Å². The Balaban J connectivity index is 1.54. The van der Waals surface area contributed by atoms with E-state index < -0.39 is 10.0 Å². The van der Waals surface area contributed by atoms with Crippen LogP contribution in [0.15, 0.2) is 29.0 Å². The van der Waals surface area contributed by atoms with E-state index in [4.69, 9.17) is 9.26 Å². The third-order valence-corrected chi connectivity index (χ3v) is 6.26. The van der Waals surface area contributed by atoms with Crippen molar-refractivity contribution in [1.29, 1.82) is 0 Å². The molecular formula is C17H24N4O4S. The van der Waals surface area contributed by atoms with E-state index in [0.717, 1.165) is 24.8 Å². The van der Waals surface area contributed by atoms with Gasteiger partial charge in [0.1, 0.15) is 6.61 Å². The van der Waals surface area contributed by atoms with E-state index in [0.29, 0.717) is 31.2 Å². The Kier molecular flexibility index (Phi) is 6.33. The summed E-state index contributed by atoms with van der Waals surface area (Å²) < 4.78 is 37.3. The Bertz CT molecular complexity index is 794. The highest BCUT2D eigenvalue weighted by Crippen LogP contribution is 2.19. The third kappa shape index (κ3) is 4.87. The molecule has 2 aromatic rings. The summed E-state index contributed by atoms with van der Waals surface area (Å²) in [6, 6.07) is 3.60. The minimum atomic E-state index is -3.20. The molecule has 1 fully saturated rings. The molecular weight excluding hydrogens is 356 g/mol. The van der Waals surface area contributed by atoms with Gasteiger partial charge in [0.05, 0.1) is 11.9 Å². The van der Waals surface area contributed by atoms with Crippen molar-refractivity contribution in [3.05, 3.63) is 30.4 Å². The van der Waals surface area contributed by atoms with Crippen LogP contribution in [0.5, 0.6) is 0 Å². The van der Waals surface area contributed by atoms with E-state index >= 15 is 0 Å². The molecule has 142 valence electrons. The lowest BCUT2D eigenvalue weighted by molar-refractivity contribution is -0.00295. The zero-order valence-electron chi connectivity index (χ0n) is 14.9. The van der Waals surface area contributed by atoms with Gasteiger partial charge >= 0.3 is 0 Å². The number of ether oxygens (including phenoxy) is 1. The van der Waals surface area contributed by atoms with Gasteiger partial charge in [0, 0.05) is 31.0 Å². The van der Waals surface area contributed by atoms with E-state index in [9.17, 15) is 8.42 Å².